The molecule has 0 spiro atoms. The molecular formula is C15H23ClN2O5. The van der Waals surface area contributed by atoms with Gasteiger partial charge in [0.25, 0.3) is 0 Å². The van der Waals surface area contributed by atoms with Crippen molar-refractivity contribution in [1.82, 2.24) is 5.32 Å². The second-order valence-corrected chi connectivity index (χ2v) is 4.86. The molecule has 0 aliphatic carbocycles. The molecular weight excluding hydrogens is 324 g/mol. The summed E-state index contributed by atoms with van der Waals surface area (Å²) in [6, 6.07) is 3.47. The van der Waals surface area contributed by atoms with Crippen molar-refractivity contribution in [3.05, 3.63) is 12.1 Å². The van der Waals surface area contributed by atoms with Crippen LogP contribution in [0.2, 0.25) is 0 Å². The second kappa shape index (κ2) is 9.44. The van der Waals surface area contributed by atoms with Crippen LogP contribution in [0.5, 0.6) is 17.2 Å². The van der Waals surface area contributed by atoms with Crippen molar-refractivity contribution >= 4 is 24.0 Å². The Labute approximate surface area is 142 Å². The maximum atomic E-state index is 12.2. The van der Waals surface area contributed by atoms with Gasteiger partial charge in [0.2, 0.25) is 11.7 Å². The van der Waals surface area contributed by atoms with E-state index < -0.39 is 0 Å². The van der Waals surface area contributed by atoms with Crippen LogP contribution in [0.1, 0.15) is 6.42 Å². The minimum atomic E-state index is -0.117. The largest absolute Gasteiger partial charge is 0.493 e. The lowest BCUT2D eigenvalue weighted by atomic mass is 10.2. The lowest BCUT2D eigenvalue weighted by Crippen LogP contribution is -2.43. The first-order valence-electron chi connectivity index (χ1n) is 7.09. The lowest BCUT2D eigenvalue weighted by molar-refractivity contribution is -0.117. The smallest absolute Gasteiger partial charge is 0.226 e. The van der Waals surface area contributed by atoms with Gasteiger partial charge in [0.05, 0.1) is 40.2 Å². The van der Waals surface area contributed by atoms with E-state index in [1.54, 1.807) is 19.2 Å². The molecule has 2 N–H and O–H groups in total. The first-order chi connectivity index (χ1) is 10.7. The predicted molar refractivity (Wildman–Crippen MR) is 89.2 cm³/mol. The summed E-state index contributed by atoms with van der Waals surface area (Å²) in [6.07, 6.45) is 0.331. The highest BCUT2D eigenvalue weighted by Gasteiger charge is 2.20. The summed E-state index contributed by atoms with van der Waals surface area (Å²) in [5, 5.41) is 6.08. The number of anilines is 1. The van der Waals surface area contributed by atoms with Crippen LogP contribution in [0.3, 0.4) is 0 Å². The number of methoxy groups -OCH3 is 3. The number of carbonyl (C=O) groups is 1. The maximum Gasteiger partial charge on any atom is 0.226 e. The number of rotatable bonds is 6. The molecule has 8 heteroatoms. The Hall–Kier alpha value is -1.70. The van der Waals surface area contributed by atoms with Gasteiger partial charge in [-0.2, -0.15) is 0 Å². The van der Waals surface area contributed by atoms with E-state index in [0.717, 1.165) is 6.54 Å². The zero-order valence-electron chi connectivity index (χ0n) is 13.5. The number of amides is 1. The van der Waals surface area contributed by atoms with Gasteiger partial charge in [-0.25, -0.2) is 0 Å². The highest BCUT2D eigenvalue weighted by Crippen LogP contribution is 2.42. The van der Waals surface area contributed by atoms with Crippen LogP contribution in [-0.2, 0) is 9.53 Å². The Kier molecular flexibility index (Phi) is 7.94. The molecule has 1 fully saturated rings. The summed E-state index contributed by atoms with van der Waals surface area (Å²) >= 11 is 0. The average Bonchev–Trinajstić information content (AvgIpc) is 2.55. The molecule has 1 aromatic rings. The first kappa shape index (κ1) is 19.3. The van der Waals surface area contributed by atoms with Crippen molar-refractivity contribution in [2.75, 3.05) is 46.4 Å². The monoisotopic (exact) mass is 346 g/mol. The van der Waals surface area contributed by atoms with Crippen molar-refractivity contribution < 1.29 is 23.7 Å². The van der Waals surface area contributed by atoms with Gasteiger partial charge in [-0.1, -0.05) is 0 Å². The third kappa shape index (κ3) is 4.89. The van der Waals surface area contributed by atoms with Gasteiger partial charge >= 0.3 is 0 Å². The van der Waals surface area contributed by atoms with E-state index >= 15 is 0 Å². The third-order valence-electron chi connectivity index (χ3n) is 3.41. The van der Waals surface area contributed by atoms with E-state index in [0.29, 0.717) is 42.6 Å². The molecule has 0 saturated carbocycles. The number of hydrogen-bond donors (Lipinski definition) is 2. The fraction of sp³-hybridized carbons (Fsp3) is 0.533. The van der Waals surface area contributed by atoms with E-state index in [4.69, 9.17) is 18.9 Å². The zero-order valence-corrected chi connectivity index (χ0v) is 14.3. The molecule has 23 heavy (non-hydrogen) atoms. The standard InChI is InChI=1S/C15H22N2O5.ClH/c1-19-12-5-4-11(14(20-2)15(12)21-3)17-13(18)8-10-9-22-7-6-16-10;/h4-5,10,16H,6-9H2,1-3H3,(H,17,18);1H. The SMILES string of the molecule is COc1ccc(NC(=O)CC2COCCN2)c(OC)c1OC.Cl. The molecule has 0 aromatic heterocycles. The normalized spacial score (nSPS) is 16.9. The Balaban J connectivity index is 0.00000264. The van der Waals surface area contributed by atoms with Gasteiger partial charge in [-0.15, -0.1) is 12.4 Å². The van der Waals surface area contributed by atoms with Crippen molar-refractivity contribution in [1.29, 1.82) is 0 Å². The number of carbonyl (C=O) groups excluding carboxylic acids is 1. The third-order valence-corrected chi connectivity index (χ3v) is 3.41. The van der Waals surface area contributed by atoms with Gasteiger partial charge in [0.15, 0.2) is 11.5 Å². The minimum absolute atomic E-state index is 0. The summed E-state index contributed by atoms with van der Waals surface area (Å²) in [4.78, 5) is 12.2. The average molecular weight is 347 g/mol. The molecule has 1 aliphatic rings. The molecule has 2 rings (SSSR count). The van der Waals surface area contributed by atoms with E-state index in [2.05, 4.69) is 10.6 Å². The molecule has 1 aliphatic heterocycles. The Bertz CT molecular complexity index is 521. The Morgan fingerprint density at radius 2 is 2.00 bits per heavy atom. The maximum absolute atomic E-state index is 12.2. The van der Waals surface area contributed by atoms with E-state index in [1.807, 2.05) is 0 Å². The van der Waals surface area contributed by atoms with Crippen molar-refractivity contribution in [2.24, 2.45) is 0 Å². The molecule has 1 saturated heterocycles. The van der Waals surface area contributed by atoms with Crippen LogP contribution in [-0.4, -0.2) is 53.0 Å². The van der Waals surface area contributed by atoms with Gasteiger partial charge in [-0.3, -0.25) is 4.79 Å². The highest BCUT2D eigenvalue weighted by atomic mass is 35.5. The second-order valence-electron chi connectivity index (χ2n) is 4.86. The molecule has 0 bridgehead atoms. The summed E-state index contributed by atoms with van der Waals surface area (Å²) in [6.45, 7) is 1.98. The molecule has 7 nitrogen and oxygen atoms in total. The van der Waals surface area contributed by atoms with E-state index in [-0.39, 0.29) is 24.4 Å². The number of halogens is 1. The molecule has 1 heterocycles. The summed E-state index contributed by atoms with van der Waals surface area (Å²) in [5.74, 6) is 1.30. The number of ether oxygens (including phenoxy) is 4. The molecule has 130 valence electrons. The molecule has 1 aromatic carbocycles. The Morgan fingerprint density at radius 3 is 2.57 bits per heavy atom. The number of hydrogen-bond acceptors (Lipinski definition) is 6. The van der Waals surface area contributed by atoms with Crippen LogP contribution in [0.15, 0.2) is 12.1 Å². The number of nitrogens with one attached hydrogen (secondary N) is 2. The zero-order chi connectivity index (χ0) is 15.9. The Morgan fingerprint density at radius 1 is 1.26 bits per heavy atom. The fourth-order valence-corrected chi connectivity index (χ4v) is 2.38. The van der Waals surface area contributed by atoms with E-state index in [9.17, 15) is 4.79 Å². The van der Waals surface area contributed by atoms with Gasteiger partial charge in [0, 0.05) is 19.0 Å². The highest BCUT2D eigenvalue weighted by molar-refractivity contribution is 5.93. The number of morpholine rings is 1. The van der Waals surface area contributed by atoms with Crippen LogP contribution < -0.4 is 24.8 Å². The van der Waals surface area contributed by atoms with Crippen molar-refractivity contribution in [2.45, 2.75) is 12.5 Å². The van der Waals surface area contributed by atoms with Crippen molar-refractivity contribution in [3.63, 3.8) is 0 Å². The summed E-state index contributed by atoms with van der Waals surface area (Å²) < 4.78 is 21.2. The summed E-state index contributed by atoms with van der Waals surface area (Å²) in [7, 11) is 4.59. The fourth-order valence-electron chi connectivity index (χ4n) is 2.38. The molecule has 1 atom stereocenters. The molecule has 1 unspecified atom stereocenters. The van der Waals surface area contributed by atoms with Crippen molar-refractivity contribution in [3.8, 4) is 17.2 Å². The van der Waals surface area contributed by atoms with Crippen LogP contribution in [0.4, 0.5) is 5.69 Å². The van der Waals surface area contributed by atoms with Crippen LogP contribution in [0, 0.1) is 0 Å². The topological polar surface area (TPSA) is 78.1 Å². The van der Waals surface area contributed by atoms with Gasteiger partial charge in [-0.05, 0) is 12.1 Å². The van der Waals surface area contributed by atoms with Crippen LogP contribution in [0.25, 0.3) is 0 Å². The minimum Gasteiger partial charge on any atom is -0.493 e. The lowest BCUT2D eigenvalue weighted by Gasteiger charge is -2.23. The predicted octanol–water partition coefficient (Wildman–Crippen LogP) is 1.45. The quantitative estimate of drug-likeness (QED) is 0.811. The van der Waals surface area contributed by atoms with Gasteiger partial charge in [0.1, 0.15) is 0 Å². The molecule has 1 amide bonds. The van der Waals surface area contributed by atoms with Crippen LogP contribution >= 0.6 is 12.4 Å². The van der Waals surface area contributed by atoms with E-state index in [1.165, 1.54) is 14.2 Å². The van der Waals surface area contributed by atoms with Gasteiger partial charge < -0.3 is 29.6 Å². The first-order valence-corrected chi connectivity index (χ1v) is 7.09. The molecule has 0 radical (unpaired) electrons. The number of benzene rings is 1. The summed E-state index contributed by atoms with van der Waals surface area (Å²) in [5.41, 5.74) is 0.543.